The second-order valence-corrected chi connectivity index (χ2v) is 9.39. The zero-order valence-corrected chi connectivity index (χ0v) is 20.8. The molecule has 2 rings (SSSR count). The van der Waals surface area contributed by atoms with Crippen molar-refractivity contribution in [3.8, 4) is 5.75 Å². The van der Waals surface area contributed by atoms with E-state index in [9.17, 15) is 9.59 Å². The van der Waals surface area contributed by atoms with E-state index in [0.717, 1.165) is 9.13 Å². The molecule has 0 aliphatic heterocycles. The van der Waals surface area contributed by atoms with E-state index in [1.807, 2.05) is 26.0 Å². The fraction of sp³-hybridized carbons (Fsp3) is 0.364. The van der Waals surface area contributed by atoms with Gasteiger partial charge in [-0.3, -0.25) is 9.59 Å². The Morgan fingerprint density at radius 3 is 2.33 bits per heavy atom. The quantitative estimate of drug-likeness (QED) is 0.429. The van der Waals surface area contributed by atoms with Crippen molar-refractivity contribution >= 4 is 57.6 Å². The van der Waals surface area contributed by atoms with Crippen LogP contribution in [0.25, 0.3) is 0 Å². The fourth-order valence-electron chi connectivity index (χ4n) is 2.63. The zero-order chi connectivity index (χ0) is 22.3. The third kappa shape index (κ3) is 7.63. The third-order valence-electron chi connectivity index (χ3n) is 4.36. The van der Waals surface area contributed by atoms with E-state index in [1.165, 1.54) is 4.90 Å². The van der Waals surface area contributed by atoms with E-state index >= 15 is 0 Å². The van der Waals surface area contributed by atoms with Gasteiger partial charge in [0.1, 0.15) is 11.8 Å². The highest BCUT2D eigenvalue weighted by Crippen LogP contribution is 2.24. The van der Waals surface area contributed by atoms with E-state index in [0.29, 0.717) is 28.3 Å². The second kappa shape index (κ2) is 11.8. The monoisotopic (exact) mass is 562 g/mol. The maximum absolute atomic E-state index is 13.0. The number of rotatable bonds is 9. The first-order valence-corrected chi connectivity index (χ1v) is 11.4. The van der Waals surface area contributed by atoms with Crippen LogP contribution in [-0.2, 0) is 16.1 Å². The molecule has 30 heavy (non-hydrogen) atoms. The van der Waals surface area contributed by atoms with Gasteiger partial charge in [-0.25, -0.2) is 0 Å². The van der Waals surface area contributed by atoms with Crippen molar-refractivity contribution in [2.24, 2.45) is 5.92 Å². The Morgan fingerprint density at radius 2 is 1.73 bits per heavy atom. The Labute approximate surface area is 201 Å². The van der Waals surface area contributed by atoms with Gasteiger partial charge in [-0.2, -0.15) is 0 Å². The standard InChI is InChI=1S/C22H25Cl2IN2O3/c1-14(2)11-26-22(29)15(3)27(12-16-4-9-19(23)20(24)10-16)21(28)13-30-18-7-5-17(25)6-8-18/h4-10,14-15H,11-13H2,1-3H3,(H,26,29)/t15-/m1/s1. The summed E-state index contributed by atoms with van der Waals surface area (Å²) in [6.45, 7) is 6.30. The minimum absolute atomic E-state index is 0.177. The third-order valence-corrected chi connectivity index (χ3v) is 5.82. The Morgan fingerprint density at radius 1 is 1.07 bits per heavy atom. The highest BCUT2D eigenvalue weighted by molar-refractivity contribution is 14.1. The van der Waals surface area contributed by atoms with Crippen molar-refractivity contribution in [1.29, 1.82) is 0 Å². The van der Waals surface area contributed by atoms with Gasteiger partial charge >= 0.3 is 0 Å². The second-order valence-electron chi connectivity index (χ2n) is 7.33. The minimum atomic E-state index is -0.675. The topological polar surface area (TPSA) is 58.6 Å². The van der Waals surface area contributed by atoms with Crippen LogP contribution in [0.2, 0.25) is 10.0 Å². The van der Waals surface area contributed by atoms with E-state index in [1.54, 1.807) is 37.3 Å². The molecular weight excluding hydrogens is 538 g/mol. The lowest BCUT2D eigenvalue weighted by molar-refractivity contribution is -0.142. The Hall–Kier alpha value is -1.51. The first-order valence-electron chi connectivity index (χ1n) is 9.57. The molecule has 0 bridgehead atoms. The summed E-state index contributed by atoms with van der Waals surface area (Å²) in [5.41, 5.74) is 0.774. The summed E-state index contributed by atoms with van der Waals surface area (Å²) in [5.74, 6) is 0.387. The zero-order valence-electron chi connectivity index (χ0n) is 17.1. The molecule has 1 N–H and O–H groups in total. The number of hydrogen-bond acceptors (Lipinski definition) is 3. The van der Waals surface area contributed by atoms with Crippen LogP contribution in [-0.4, -0.2) is 35.9 Å². The molecule has 0 saturated carbocycles. The minimum Gasteiger partial charge on any atom is -0.484 e. The van der Waals surface area contributed by atoms with Gasteiger partial charge in [-0.1, -0.05) is 43.1 Å². The predicted octanol–water partition coefficient (Wildman–Crippen LogP) is 5.17. The molecule has 0 heterocycles. The van der Waals surface area contributed by atoms with Crippen LogP contribution in [0, 0.1) is 9.49 Å². The van der Waals surface area contributed by atoms with Crippen LogP contribution in [0.15, 0.2) is 42.5 Å². The number of nitrogens with zero attached hydrogens (tertiary/aromatic N) is 1. The summed E-state index contributed by atoms with van der Waals surface area (Å²) in [4.78, 5) is 27.1. The number of halogens is 3. The Kier molecular flexibility index (Phi) is 9.71. The highest BCUT2D eigenvalue weighted by atomic mass is 127. The first kappa shape index (κ1) is 24.8. The van der Waals surface area contributed by atoms with Crippen LogP contribution in [0.1, 0.15) is 26.3 Å². The largest absolute Gasteiger partial charge is 0.484 e. The van der Waals surface area contributed by atoms with E-state index in [4.69, 9.17) is 27.9 Å². The molecule has 2 aromatic carbocycles. The van der Waals surface area contributed by atoms with E-state index in [2.05, 4.69) is 27.9 Å². The number of amides is 2. The smallest absolute Gasteiger partial charge is 0.261 e. The average molecular weight is 563 g/mol. The van der Waals surface area contributed by atoms with Crippen LogP contribution in [0.5, 0.6) is 5.75 Å². The van der Waals surface area contributed by atoms with Gasteiger partial charge in [-0.15, -0.1) is 0 Å². The summed E-state index contributed by atoms with van der Waals surface area (Å²) in [6, 6.07) is 11.9. The van der Waals surface area contributed by atoms with Gasteiger partial charge in [0.2, 0.25) is 5.91 Å². The summed E-state index contributed by atoms with van der Waals surface area (Å²) in [5, 5.41) is 3.71. The van der Waals surface area contributed by atoms with Crippen molar-refractivity contribution in [2.75, 3.05) is 13.2 Å². The maximum atomic E-state index is 13.0. The van der Waals surface area contributed by atoms with Crippen LogP contribution >= 0.6 is 45.8 Å². The first-order chi connectivity index (χ1) is 14.2. The fourth-order valence-corrected chi connectivity index (χ4v) is 3.31. The van der Waals surface area contributed by atoms with Gasteiger partial charge in [0.15, 0.2) is 6.61 Å². The van der Waals surface area contributed by atoms with Gasteiger partial charge < -0.3 is 15.0 Å². The molecule has 0 saturated heterocycles. The molecule has 0 aliphatic rings. The Bertz CT molecular complexity index is 875. The molecule has 0 spiro atoms. The summed E-state index contributed by atoms with van der Waals surface area (Å²) in [7, 11) is 0. The van der Waals surface area contributed by atoms with Crippen LogP contribution < -0.4 is 10.1 Å². The summed E-state index contributed by atoms with van der Waals surface area (Å²) < 4.78 is 6.71. The summed E-state index contributed by atoms with van der Waals surface area (Å²) >= 11 is 14.3. The Balaban J connectivity index is 2.15. The molecule has 5 nitrogen and oxygen atoms in total. The van der Waals surface area contributed by atoms with Crippen molar-refractivity contribution in [3.63, 3.8) is 0 Å². The molecule has 8 heteroatoms. The predicted molar refractivity (Wildman–Crippen MR) is 129 cm³/mol. The normalized spacial score (nSPS) is 11.8. The molecule has 0 aromatic heterocycles. The SMILES string of the molecule is CC(C)CNC(=O)[C@@H](C)N(Cc1ccc(Cl)c(Cl)c1)C(=O)COc1ccc(I)cc1. The summed E-state index contributed by atoms with van der Waals surface area (Å²) in [6.07, 6.45) is 0. The molecule has 0 fully saturated rings. The lowest BCUT2D eigenvalue weighted by Gasteiger charge is -2.29. The van der Waals surface area contributed by atoms with Crippen molar-refractivity contribution in [1.82, 2.24) is 10.2 Å². The lowest BCUT2D eigenvalue weighted by atomic mass is 10.1. The molecule has 2 aromatic rings. The average Bonchev–Trinajstić information content (AvgIpc) is 2.71. The number of carbonyl (C=O) groups excluding carboxylic acids is 2. The van der Waals surface area contributed by atoms with E-state index < -0.39 is 6.04 Å². The molecular formula is C22H25Cl2IN2O3. The van der Waals surface area contributed by atoms with Crippen molar-refractivity contribution in [3.05, 3.63) is 61.6 Å². The number of nitrogens with one attached hydrogen (secondary N) is 1. The van der Waals surface area contributed by atoms with Gasteiger partial charge in [0.25, 0.3) is 5.91 Å². The molecule has 0 aliphatic carbocycles. The lowest BCUT2D eigenvalue weighted by Crippen LogP contribution is -2.49. The van der Waals surface area contributed by atoms with Gasteiger partial charge in [0, 0.05) is 16.7 Å². The number of hydrogen-bond donors (Lipinski definition) is 1. The van der Waals surface area contributed by atoms with Gasteiger partial charge in [0.05, 0.1) is 10.0 Å². The van der Waals surface area contributed by atoms with Crippen LogP contribution in [0.4, 0.5) is 0 Å². The highest BCUT2D eigenvalue weighted by Gasteiger charge is 2.26. The molecule has 0 radical (unpaired) electrons. The van der Waals surface area contributed by atoms with Crippen molar-refractivity contribution < 1.29 is 14.3 Å². The van der Waals surface area contributed by atoms with E-state index in [-0.39, 0.29) is 25.0 Å². The van der Waals surface area contributed by atoms with Gasteiger partial charge in [-0.05, 0) is 77.4 Å². The number of carbonyl (C=O) groups is 2. The molecule has 0 unspecified atom stereocenters. The molecule has 162 valence electrons. The molecule has 1 atom stereocenters. The number of benzene rings is 2. The van der Waals surface area contributed by atoms with Crippen LogP contribution in [0.3, 0.4) is 0 Å². The molecule has 2 amide bonds. The number of ether oxygens (including phenoxy) is 1. The maximum Gasteiger partial charge on any atom is 0.261 e. The van der Waals surface area contributed by atoms with Crippen molar-refractivity contribution in [2.45, 2.75) is 33.4 Å².